The Morgan fingerprint density at radius 2 is 2.13 bits per heavy atom. The van der Waals surface area contributed by atoms with Gasteiger partial charge < -0.3 is 10.1 Å². The van der Waals surface area contributed by atoms with Gasteiger partial charge >= 0.3 is 0 Å². The molecule has 2 radical (unpaired) electrons. The summed E-state index contributed by atoms with van der Waals surface area (Å²) in [6.45, 7) is 7.14. The molecule has 0 aromatic heterocycles. The van der Waals surface area contributed by atoms with Crippen molar-refractivity contribution < 1.29 is 4.74 Å². The minimum Gasteiger partial charge on any atom is -0.488 e. The Morgan fingerprint density at radius 3 is 2.87 bits per heavy atom. The van der Waals surface area contributed by atoms with E-state index in [1.54, 1.807) is 0 Å². The second kappa shape index (κ2) is 3.76. The third kappa shape index (κ3) is 2.65. The molecule has 0 amide bonds. The summed E-state index contributed by atoms with van der Waals surface area (Å²) >= 11 is 0. The lowest BCUT2D eigenvalue weighted by Gasteiger charge is -2.23. The molecule has 15 heavy (non-hydrogen) atoms. The van der Waals surface area contributed by atoms with E-state index >= 15 is 0 Å². The Labute approximate surface area is 91.6 Å². The van der Waals surface area contributed by atoms with E-state index < -0.39 is 0 Å². The first-order valence-corrected chi connectivity index (χ1v) is 5.35. The molecule has 1 aromatic rings. The molecule has 2 rings (SSSR count). The van der Waals surface area contributed by atoms with Gasteiger partial charge in [-0.15, -0.1) is 0 Å². The number of fused-ring (bicyclic) bond motifs is 1. The zero-order valence-corrected chi connectivity index (χ0v) is 9.55. The first-order valence-electron chi connectivity index (χ1n) is 5.35. The van der Waals surface area contributed by atoms with Gasteiger partial charge in [0.05, 0.1) is 0 Å². The predicted molar refractivity (Wildman–Crippen MR) is 62.3 cm³/mol. The third-order valence-electron chi connectivity index (χ3n) is 2.17. The van der Waals surface area contributed by atoms with Crippen LogP contribution in [-0.4, -0.2) is 12.1 Å². The molecule has 0 atom stereocenters. The Hall–Kier alpha value is -1.18. The van der Waals surface area contributed by atoms with Gasteiger partial charge in [0, 0.05) is 18.7 Å². The van der Waals surface area contributed by atoms with E-state index in [-0.39, 0.29) is 5.60 Å². The van der Waals surface area contributed by atoms with Gasteiger partial charge in [0.2, 0.25) is 0 Å². The van der Waals surface area contributed by atoms with Crippen molar-refractivity contribution in [3.05, 3.63) is 30.2 Å². The van der Waals surface area contributed by atoms with Gasteiger partial charge in [0.15, 0.2) is 0 Å². The molecule has 2 heteroatoms. The zero-order valence-electron chi connectivity index (χ0n) is 9.55. The Kier molecular flexibility index (Phi) is 2.59. The number of ether oxygens (including phenoxy) is 1. The highest BCUT2D eigenvalue weighted by molar-refractivity contribution is 5.59. The van der Waals surface area contributed by atoms with Crippen LogP contribution in [0.4, 0.5) is 5.69 Å². The van der Waals surface area contributed by atoms with Crippen LogP contribution in [0.2, 0.25) is 0 Å². The lowest BCUT2D eigenvalue weighted by Crippen LogP contribution is -2.23. The van der Waals surface area contributed by atoms with E-state index in [1.807, 2.05) is 12.1 Å². The molecule has 0 fully saturated rings. The fourth-order valence-electron chi connectivity index (χ4n) is 1.64. The zero-order chi connectivity index (χ0) is 10.9. The summed E-state index contributed by atoms with van der Waals surface area (Å²) in [7, 11) is 0. The van der Waals surface area contributed by atoms with E-state index in [1.165, 1.54) is 0 Å². The molecule has 1 aliphatic heterocycles. The van der Waals surface area contributed by atoms with Gasteiger partial charge in [-0.25, -0.2) is 0 Å². The number of hydrogen-bond acceptors (Lipinski definition) is 2. The SMILES string of the molecule is CC(C)(C)Oc1ccc2c(c1)[C]CCN2. The quantitative estimate of drug-likeness (QED) is 0.757. The second-order valence-corrected chi connectivity index (χ2v) is 4.78. The van der Waals surface area contributed by atoms with Crippen molar-refractivity contribution in [2.24, 2.45) is 0 Å². The highest BCUT2D eigenvalue weighted by atomic mass is 16.5. The van der Waals surface area contributed by atoms with E-state index in [2.05, 4.69) is 38.6 Å². The summed E-state index contributed by atoms with van der Waals surface area (Å²) in [5, 5.41) is 3.33. The topological polar surface area (TPSA) is 21.3 Å². The third-order valence-corrected chi connectivity index (χ3v) is 2.17. The fraction of sp³-hybridized carbons (Fsp3) is 0.462. The first-order chi connectivity index (χ1) is 7.04. The molecule has 1 heterocycles. The first kappa shape index (κ1) is 10.3. The number of nitrogens with one attached hydrogen (secondary N) is 1. The summed E-state index contributed by atoms with van der Waals surface area (Å²) in [4.78, 5) is 0. The van der Waals surface area contributed by atoms with Crippen LogP contribution in [0.1, 0.15) is 32.8 Å². The van der Waals surface area contributed by atoms with Crippen LogP contribution in [-0.2, 0) is 0 Å². The van der Waals surface area contributed by atoms with Crippen LogP contribution in [0, 0.1) is 6.42 Å². The van der Waals surface area contributed by atoms with Gasteiger partial charge in [-0.05, 0) is 51.0 Å². The molecule has 0 spiro atoms. The van der Waals surface area contributed by atoms with Crippen molar-refractivity contribution in [2.75, 3.05) is 11.9 Å². The van der Waals surface area contributed by atoms with Crippen molar-refractivity contribution in [1.29, 1.82) is 0 Å². The average molecular weight is 203 g/mol. The Morgan fingerprint density at radius 1 is 1.33 bits per heavy atom. The fourth-order valence-corrected chi connectivity index (χ4v) is 1.64. The van der Waals surface area contributed by atoms with Gasteiger partial charge in [0.1, 0.15) is 11.4 Å². The van der Waals surface area contributed by atoms with Crippen molar-refractivity contribution >= 4 is 5.69 Å². The maximum Gasteiger partial charge on any atom is 0.120 e. The van der Waals surface area contributed by atoms with E-state index in [0.717, 1.165) is 30.0 Å². The van der Waals surface area contributed by atoms with E-state index in [4.69, 9.17) is 4.74 Å². The Bertz CT molecular complexity index is 352. The van der Waals surface area contributed by atoms with Crippen LogP contribution >= 0.6 is 0 Å². The van der Waals surface area contributed by atoms with Crippen molar-refractivity contribution in [3.63, 3.8) is 0 Å². The molecule has 0 aliphatic carbocycles. The second-order valence-electron chi connectivity index (χ2n) is 4.78. The minimum atomic E-state index is -0.143. The summed E-state index contributed by atoms with van der Waals surface area (Å²) < 4.78 is 5.80. The van der Waals surface area contributed by atoms with Gasteiger partial charge in [-0.2, -0.15) is 0 Å². The van der Waals surface area contributed by atoms with Crippen LogP contribution < -0.4 is 10.1 Å². The number of benzene rings is 1. The molecule has 80 valence electrons. The van der Waals surface area contributed by atoms with Crippen LogP contribution in [0.15, 0.2) is 18.2 Å². The van der Waals surface area contributed by atoms with Gasteiger partial charge in [-0.3, -0.25) is 0 Å². The lowest BCUT2D eigenvalue weighted by molar-refractivity contribution is 0.131. The molecule has 2 nitrogen and oxygen atoms in total. The maximum atomic E-state index is 5.80. The summed E-state index contributed by atoms with van der Waals surface area (Å²) in [6.07, 6.45) is 4.31. The van der Waals surface area contributed by atoms with Crippen molar-refractivity contribution in [3.8, 4) is 5.75 Å². The summed E-state index contributed by atoms with van der Waals surface area (Å²) in [6, 6.07) is 6.11. The molecule has 1 aromatic carbocycles. The van der Waals surface area contributed by atoms with Crippen molar-refractivity contribution in [1.82, 2.24) is 0 Å². The molecule has 0 bridgehead atoms. The monoisotopic (exact) mass is 203 g/mol. The highest BCUT2D eigenvalue weighted by Gasteiger charge is 2.14. The number of hydrogen-bond donors (Lipinski definition) is 1. The highest BCUT2D eigenvalue weighted by Crippen LogP contribution is 2.28. The standard InChI is InChI=1S/C13H17NO/c1-13(2,3)15-11-6-7-12-10(9-11)5-4-8-14-12/h6-7,9,14H,4,8H2,1-3H3. The molecule has 1 N–H and O–H groups in total. The van der Waals surface area contributed by atoms with E-state index in [0.29, 0.717) is 0 Å². The maximum absolute atomic E-state index is 5.80. The molecule has 0 saturated heterocycles. The Balaban J connectivity index is 2.21. The molecular formula is C13H17NO. The molecule has 0 unspecified atom stereocenters. The van der Waals surface area contributed by atoms with Crippen molar-refractivity contribution in [2.45, 2.75) is 32.8 Å². The van der Waals surface area contributed by atoms with Crippen LogP contribution in [0.25, 0.3) is 0 Å². The smallest absolute Gasteiger partial charge is 0.120 e. The largest absolute Gasteiger partial charge is 0.488 e. The number of rotatable bonds is 1. The normalized spacial score (nSPS) is 15.4. The minimum absolute atomic E-state index is 0.143. The number of anilines is 1. The van der Waals surface area contributed by atoms with Crippen LogP contribution in [0.3, 0.4) is 0 Å². The average Bonchev–Trinajstić information content (AvgIpc) is 2.15. The summed E-state index contributed by atoms with van der Waals surface area (Å²) in [5.74, 6) is 0.914. The summed E-state index contributed by atoms with van der Waals surface area (Å²) in [5.41, 5.74) is 2.14. The lowest BCUT2D eigenvalue weighted by atomic mass is 10.0. The molecular weight excluding hydrogens is 186 g/mol. The van der Waals surface area contributed by atoms with Crippen LogP contribution in [0.5, 0.6) is 5.75 Å². The van der Waals surface area contributed by atoms with E-state index in [9.17, 15) is 0 Å². The molecule has 0 saturated carbocycles. The molecule has 1 aliphatic rings. The predicted octanol–water partition coefficient (Wildman–Crippen LogP) is 3.11. The van der Waals surface area contributed by atoms with Gasteiger partial charge in [0.25, 0.3) is 0 Å². The van der Waals surface area contributed by atoms with Gasteiger partial charge in [-0.1, -0.05) is 0 Å².